The third-order valence-electron chi connectivity index (χ3n) is 3.94. The standard InChI is InChI=1S/C23H32N6/c1-27(2)24-21(17-22(25-28(3)4)19-13-9-7-10-14-19)18-23(26-29(5)6)20-15-11-8-12-16-20/h7-16H,17-18H2,1-6H3/b25-22+,26-23+. The molecule has 0 N–H and O–H groups in total. The molecule has 2 rings (SSSR count). The Hall–Kier alpha value is -3.15. The molecule has 2 aromatic rings. The number of hydrazone groups is 3. The zero-order chi connectivity index (χ0) is 21.2. The molecule has 6 nitrogen and oxygen atoms in total. The van der Waals surface area contributed by atoms with Gasteiger partial charge in [-0.15, -0.1) is 0 Å². The molecule has 0 atom stereocenters. The smallest absolute Gasteiger partial charge is 0.0734 e. The topological polar surface area (TPSA) is 46.8 Å². The fourth-order valence-electron chi connectivity index (χ4n) is 2.94. The van der Waals surface area contributed by atoms with Crippen LogP contribution >= 0.6 is 0 Å². The maximum absolute atomic E-state index is 4.77. The van der Waals surface area contributed by atoms with Crippen molar-refractivity contribution in [2.45, 2.75) is 12.8 Å². The fraction of sp³-hybridized carbons (Fsp3) is 0.348. The van der Waals surface area contributed by atoms with Crippen LogP contribution < -0.4 is 0 Å². The van der Waals surface area contributed by atoms with Crippen LogP contribution in [0.15, 0.2) is 76.0 Å². The van der Waals surface area contributed by atoms with Gasteiger partial charge in [0.25, 0.3) is 0 Å². The van der Waals surface area contributed by atoms with E-state index in [9.17, 15) is 0 Å². The van der Waals surface area contributed by atoms with Crippen molar-refractivity contribution < 1.29 is 0 Å². The minimum atomic E-state index is 0.639. The second kappa shape index (κ2) is 11.0. The Labute approximate surface area is 174 Å². The molecule has 0 spiro atoms. The summed E-state index contributed by atoms with van der Waals surface area (Å²) in [5.74, 6) is 0. The average Bonchev–Trinajstić information content (AvgIpc) is 2.67. The van der Waals surface area contributed by atoms with E-state index in [1.807, 2.05) is 93.7 Å². The van der Waals surface area contributed by atoms with E-state index in [-0.39, 0.29) is 0 Å². The largest absolute Gasteiger partial charge is 0.303 e. The lowest BCUT2D eigenvalue weighted by Crippen LogP contribution is -2.21. The summed E-state index contributed by atoms with van der Waals surface area (Å²) in [6.45, 7) is 0. The van der Waals surface area contributed by atoms with Crippen LogP contribution in [0.4, 0.5) is 0 Å². The second-order valence-corrected chi connectivity index (χ2v) is 7.39. The van der Waals surface area contributed by atoms with Gasteiger partial charge in [-0.05, 0) is 11.1 Å². The number of hydrogen-bond donors (Lipinski definition) is 0. The van der Waals surface area contributed by atoms with E-state index in [0.29, 0.717) is 12.8 Å². The van der Waals surface area contributed by atoms with Crippen molar-refractivity contribution in [1.29, 1.82) is 0 Å². The third-order valence-corrected chi connectivity index (χ3v) is 3.94. The average molecular weight is 393 g/mol. The Kier molecular flexibility index (Phi) is 8.40. The highest BCUT2D eigenvalue weighted by atomic mass is 15.4. The number of rotatable bonds is 9. The van der Waals surface area contributed by atoms with Gasteiger partial charge < -0.3 is 15.0 Å². The van der Waals surface area contributed by atoms with Crippen LogP contribution in [-0.2, 0) is 0 Å². The van der Waals surface area contributed by atoms with Crippen molar-refractivity contribution in [1.82, 2.24) is 15.0 Å². The van der Waals surface area contributed by atoms with Gasteiger partial charge >= 0.3 is 0 Å². The van der Waals surface area contributed by atoms with Crippen molar-refractivity contribution in [3.8, 4) is 0 Å². The van der Waals surface area contributed by atoms with Gasteiger partial charge in [0.2, 0.25) is 0 Å². The summed E-state index contributed by atoms with van der Waals surface area (Å²) in [6, 6.07) is 20.5. The maximum atomic E-state index is 4.77. The Balaban J connectivity index is 2.39. The van der Waals surface area contributed by atoms with E-state index in [4.69, 9.17) is 15.3 Å². The first kappa shape index (κ1) is 22.1. The van der Waals surface area contributed by atoms with E-state index in [0.717, 1.165) is 28.3 Å². The first-order valence-electron chi connectivity index (χ1n) is 9.69. The summed E-state index contributed by atoms with van der Waals surface area (Å²) in [5.41, 5.74) is 5.16. The molecule has 0 bridgehead atoms. The van der Waals surface area contributed by atoms with Crippen LogP contribution in [0.5, 0.6) is 0 Å². The van der Waals surface area contributed by atoms with Crippen LogP contribution in [0, 0.1) is 0 Å². The maximum Gasteiger partial charge on any atom is 0.0734 e. The van der Waals surface area contributed by atoms with E-state index in [1.165, 1.54) is 0 Å². The molecule has 6 heteroatoms. The van der Waals surface area contributed by atoms with Crippen LogP contribution in [0.2, 0.25) is 0 Å². The molecule has 0 amide bonds. The summed E-state index contributed by atoms with van der Waals surface area (Å²) in [4.78, 5) is 0. The van der Waals surface area contributed by atoms with Crippen LogP contribution in [0.1, 0.15) is 24.0 Å². The van der Waals surface area contributed by atoms with Gasteiger partial charge in [-0.3, -0.25) is 0 Å². The molecule has 0 fully saturated rings. The van der Waals surface area contributed by atoms with Crippen molar-refractivity contribution in [3.05, 3.63) is 71.8 Å². The van der Waals surface area contributed by atoms with E-state index < -0.39 is 0 Å². The van der Waals surface area contributed by atoms with Gasteiger partial charge in [0.1, 0.15) is 0 Å². The predicted octanol–water partition coefficient (Wildman–Crippen LogP) is 3.62. The molecule has 0 aliphatic rings. The Morgan fingerprint density at radius 3 is 1.21 bits per heavy atom. The first-order chi connectivity index (χ1) is 13.8. The molecule has 29 heavy (non-hydrogen) atoms. The van der Waals surface area contributed by atoms with Crippen LogP contribution in [0.3, 0.4) is 0 Å². The molecule has 154 valence electrons. The Morgan fingerprint density at radius 2 is 0.897 bits per heavy atom. The first-order valence-corrected chi connectivity index (χ1v) is 9.69. The fourth-order valence-corrected chi connectivity index (χ4v) is 2.94. The van der Waals surface area contributed by atoms with Crippen molar-refractivity contribution in [2.24, 2.45) is 15.3 Å². The number of hydrogen-bond acceptors (Lipinski definition) is 6. The minimum Gasteiger partial charge on any atom is -0.303 e. The van der Waals surface area contributed by atoms with Gasteiger partial charge in [0.05, 0.1) is 17.1 Å². The molecule has 0 unspecified atom stereocenters. The normalized spacial score (nSPS) is 11.8. The summed E-state index contributed by atoms with van der Waals surface area (Å²) in [7, 11) is 11.6. The molecular formula is C23H32N6. The molecule has 0 saturated carbocycles. The molecule has 0 radical (unpaired) electrons. The summed E-state index contributed by atoms with van der Waals surface area (Å²) >= 11 is 0. The van der Waals surface area contributed by atoms with Crippen molar-refractivity contribution in [3.63, 3.8) is 0 Å². The van der Waals surface area contributed by atoms with Gasteiger partial charge in [-0.2, -0.15) is 15.3 Å². The monoisotopic (exact) mass is 392 g/mol. The Morgan fingerprint density at radius 1 is 0.552 bits per heavy atom. The highest BCUT2D eigenvalue weighted by Crippen LogP contribution is 2.13. The van der Waals surface area contributed by atoms with Gasteiger partial charge in [-0.1, -0.05) is 60.7 Å². The van der Waals surface area contributed by atoms with E-state index in [1.54, 1.807) is 0 Å². The highest BCUT2D eigenvalue weighted by Gasteiger charge is 2.15. The summed E-state index contributed by atoms with van der Waals surface area (Å²) in [5, 5.41) is 19.8. The molecule has 0 aliphatic heterocycles. The van der Waals surface area contributed by atoms with Gasteiger partial charge in [-0.25, -0.2) is 0 Å². The SMILES string of the molecule is CN(C)N=C(C/C(=N\N(C)C)c1ccccc1)C/C(=N\N(C)C)c1ccccc1. The lowest BCUT2D eigenvalue weighted by atomic mass is 9.99. The lowest BCUT2D eigenvalue weighted by Gasteiger charge is -2.17. The van der Waals surface area contributed by atoms with E-state index in [2.05, 4.69) is 24.3 Å². The van der Waals surface area contributed by atoms with Gasteiger partial charge in [0.15, 0.2) is 0 Å². The lowest BCUT2D eigenvalue weighted by molar-refractivity contribution is 0.432. The summed E-state index contributed by atoms with van der Waals surface area (Å²) < 4.78 is 0. The minimum absolute atomic E-state index is 0.639. The molecule has 2 aromatic carbocycles. The zero-order valence-corrected chi connectivity index (χ0v) is 18.4. The zero-order valence-electron chi connectivity index (χ0n) is 18.4. The highest BCUT2D eigenvalue weighted by molar-refractivity contribution is 6.19. The quantitative estimate of drug-likeness (QED) is 0.484. The van der Waals surface area contributed by atoms with Gasteiger partial charge in [0, 0.05) is 55.1 Å². The molecule has 0 aromatic heterocycles. The molecular weight excluding hydrogens is 360 g/mol. The van der Waals surface area contributed by atoms with Crippen molar-refractivity contribution in [2.75, 3.05) is 42.3 Å². The molecule has 0 heterocycles. The predicted molar refractivity (Wildman–Crippen MR) is 124 cm³/mol. The third kappa shape index (κ3) is 7.78. The van der Waals surface area contributed by atoms with Crippen molar-refractivity contribution >= 4 is 17.1 Å². The summed E-state index contributed by atoms with van der Waals surface area (Å²) in [6.07, 6.45) is 1.28. The molecule has 0 aliphatic carbocycles. The van der Waals surface area contributed by atoms with E-state index >= 15 is 0 Å². The number of nitrogens with zero attached hydrogens (tertiary/aromatic N) is 6. The van der Waals surface area contributed by atoms with Crippen LogP contribution in [0.25, 0.3) is 0 Å². The molecule has 0 saturated heterocycles. The second-order valence-electron chi connectivity index (χ2n) is 7.39. The Bertz CT molecular complexity index is 771. The van der Waals surface area contributed by atoms with Crippen LogP contribution in [-0.4, -0.2) is 74.4 Å². The number of benzene rings is 2.